The van der Waals surface area contributed by atoms with Gasteiger partial charge < -0.3 is 5.11 Å². The highest BCUT2D eigenvalue weighted by Crippen LogP contribution is 2.35. The molecule has 3 rings (SSSR count). The molecule has 0 amide bonds. The first-order chi connectivity index (χ1) is 12.7. The van der Waals surface area contributed by atoms with Gasteiger partial charge in [0.1, 0.15) is 5.75 Å². The summed E-state index contributed by atoms with van der Waals surface area (Å²) in [6, 6.07) is 11.9. The highest BCUT2D eigenvalue weighted by atomic mass is 16.3. The summed E-state index contributed by atoms with van der Waals surface area (Å²) in [6.45, 7) is 8.55. The fourth-order valence-electron chi connectivity index (χ4n) is 3.27. The van der Waals surface area contributed by atoms with Crippen molar-refractivity contribution < 1.29 is 5.11 Å². The van der Waals surface area contributed by atoms with Gasteiger partial charge in [-0.15, -0.1) is 0 Å². The van der Waals surface area contributed by atoms with E-state index in [1.54, 1.807) is 12.1 Å². The zero-order valence-electron chi connectivity index (χ0n) is 17.1. The number of aryl methyl sites for hydroxylation is 1. The van der Waals surface area contributed by atoms with Crippen LogP contribution < -0.4 is 0 Å². The molecule has 2 aromatic rings. The molecular weight excluding hydrogens is 318 g/mol. The molecule has 0 atom stereocenters. The molecule has 2 nitrogen and oxygen atoms in total. The summed E-state index contributed by atoms with van der Waals surface area (Å²) in [7, 11) is 0. The van der Waals surface area contributed by atoms with Crippen LogP contribution in [0.2, 0.25) is 0 Å². The minimum atomic E-state index is 0.373. The molecule has 144 valence electrons. The number of aromatic nitrogens is 1. The third kappa shape index (κ3) is 8.51. The first kappa shape index (κ1) is 22.2. The Morgan fingerprint density at radius 3 is 2.04 bits per heavy atom. The van der Waals surface area contributed by atoms with Crippen LogP contribution in [0.4, 0.5) is 0 Å². The summed E-state index contributed by atoms with van der Waals surface area (Å²) in [4.78, 5) is 3.95. The van der Waals surface area contributed by atoms with E-state index in [-0.39, 0.29) is 0 Å². The summed E-state index contributed by atoms with van der Waals surface area (Å²) in [6.07, 6.45) is 12.8. The molecule has 0 bridgehead atoms. The lowest BCUT2D eigenvalue weighted by Crippen LogP contribution is -2.10. The van der Waals surface area contributed by atoms with Gasteiger partial charge in [-0.3, -0.25) is 4.98 Å². The SMILES string of the molecule is CC.CC1CCC(c2ccc(O)cc2)CC1.CCCCc1ccncc1. The van der Waals surface area contributed by atoms with Crippen LogP contribution in [0.25, 0.3) is 0 Å². The molecule has 1 aliphatic carbocycles. The molecule has 0 unspecified atom stereocenters. The Balaban J connectivity index is 0.000000249. The average Bonchev–Trinajstić information content (AvgIpc) is 2.70. The Bertz CT molecular complexity index is 557. The summed E-state index contributed by atoms with van der Waals surface area (Å²) >= 11 is 0. The second-order valence-electron chi connectivity index (χ2n) is 7.01. The number of unbranched alkanes of at least 4 members (excludes halogenated alkanes) is 1. The van der Waals surface area contributed by atoms with Crippen LogP contribution in [-0.4, -0.2) is 10.1 Å². The number of phenols is 1. The number of pyridine rings is 1. The van der Waals surface area contributed by atoms with Crippen LogP contribution in [0.3, 0.4) is 0 Å². The Morgan fingerprint density at radius 1 is 0.923 bits per heavy atom. The van der Waals surface area contributed by atoms with Crippen molar-refractivity contribution in [2.75, 3.05) is 0 Å². The van der Waals surface area contributed by atoms with E-state index in [2.05, 4.69) is 43.1 Å². The van der Waals surface area contributed by atoms with Gasteiger partial charge in [0.05, 0.1) is 0 Å². The zero-order chi connectivity index (χ0) is 19.2. The van der Waals surface area contributed by atoms with E-state index >= 15 is 0 Å². The maximum atomic E-state index is 9.20. The fraction of sp³-hybridized carbons (Fsp3) is 0.542. The van der Waals surface area contributed by atoms with Gasteiger partial charge in [-0.05, 0) is 72.9 Å². The number of benzene rings is 1. The largest absolute Gasteiger partial charge is 0.508 e. The van der Waals surface area contributed by atoms with Crippen molar-refractivity contribution in [1.29, 1.82) is 0 Å². The van der Waals surface area contributed by atoms with Gasteiger partial charge in [0.15, 0.2) is 0 Å². The van der Waals surface area contributed by atoms with Crippen molar-refractivity contribution >= 4 is 0 Å². The van der Waals surface area contributed by atoms with E-state index < -0.39 is 0 Å². The molecule has 0 aliphatic heterocycles. The number of hydrogen-bond donors (Lipinski definition) is 1. The predicted molar refractivity (Wildman–Crippen MR) is 113 cm³/mol. The first-order valence-corrected chi connectivity index (χ1v) is 10.4. The summed E-state index contributed by atoms with van der Waals surface area (Å²) in [5.74, 6) is 2.01. The third-order valence-corrected chi connectivity index (χ3v) is 4.95. The van der Waals surface area contributed by atoms with Gasteiger partial charge in [0, 0.05) is 12.4 Å². The molecule has 0 radical (unpaired) electrons. The first-order valence-electron chi connectivity index (χ1n) is 10.4. The van der Waals surface area contributed by atoms with Gasteiger partial charge in [0.25, 0.3) is 0 Å². The highest BCUT2D eigenvalue weighted by molar-refractivity contribution is 5.28. The molecule has 1 aliphatic rings. The molecule has 26 heavy (non-hydrogen) atoms. The maximum absolute atomic E-state index is 9.20. The van der Waals surface area contributed by atoms with Crippen LogP contribution in [0.15, 0.2) is 48.8 Å². The lowest BCUT2D eigenvalue weighted by Gasteiger charge is -2.26. The van der Waals surface area contributed by atoms with Gasteiger partial charge in [0.2, 0.25) is 0 Å². The van der Waals surface area contributed by atoms with E-state index in [0.717, 1.165) is 11.8 Å². The number of nitrogens with zero attached hydrogens (tertiary/aromatic N) is 1. The van der Waals surface area contributed by atoms with Crippen molar-refractivity contribution in [1.82, 2.24) is 4.98 Å². The summed E-state index contributed by atoms with van der Waals surface area (Å²) in [5.41, 5.74) is 2.80. The Kier molecular flexibility index (Phi) is 11.4. The van der Waals surface area contributed by atoms with Gasteiger partial charge >= 0.3 is 0 Å². The molecule has 1 aromatic carbocycles. The van der Waals surface area contributed by atoms with Crippen molar-refractivity contribution in [2.24, 2.45) is 5.92 Å². The topological polar surface area (TPSA) is 33.1 Å². The second-order valence-corrected chi connectivity index (χ2v) is 7.01. The van der Waals surface area contributed by atoms with Crippen LogP contribution >= 0.6 is 0 Å². The smallest absolute Gasteiger partial charge is 0.115 e. The maximum Gasteiger partial charge on any atom is 0.115 e. The normalized spacial score (nSPS) is 18.8. The number of phenolic OH excluding ortho intramolecular Hbond substituents is 1. The molecule has 1 saturated carbocycles. The molecule has 0 spiro atoms. The third-order valence-electron chi connectivity index (χ3n) is 4.95. The number of hydrogen-bond acceptors (Lipinski definition) is 2. The lowest BCUT2D eigenvalue weighted by atomic mass is 9.79. The van der Waals surface area contributed by atoms with Crippen LogP contribution in [0.5, 0.6) is 5.75 Å². The quantitative estimate of drug-likeness (QED) is 0.632. The fourth-order valence-corrected chi connectivity index (χ4v) is 3.27. The standard InChI is InChI=1S/C13H18O.C9H13N.C2H6/c1-10-2-4-11(5-3-10)12-6-8-13(14)9-7-12;1-2-3-4-9-5-7-10-8-6-9;1-2/h6-11,14H,2-5H2,1H3;5-8H,2-4H2,1H3;1-2H3. The lowest BCUT2D eigenvalue weighted by molar-refractivity contribution is 0.347. The average molecular weight is 356 g/mol. The Hall–Kier alpha value is -1.83. The zero-order valence-corrected chi connectivity index (χ0v) is 17.1. The molecule has 1 aromatic heterocycles. The second kappa shape index (κ2) is 13.4. The minimum Gasteiger partial charge on any atom is -0.508 e. The number of aromatic hydroxyl groups is 1. The van der Waals surface area contributed by atoms with Gasteiger partial charge in [-0.25, -0.2) is 0 Å². The number of rotatable bonds is 4. The van der Waals surface area contributed by atoms with Crippen molar-refractivity contribution in [3.63, 3.8) is 0 Å². The van der Waals surface area contributed by atoms with Crippen molar-refractivity contribution in [3.05, 3.63) is 59.9 Å². The van der Waals surface area contributed by atoms with Crippen LogP contribution in [0.1, 0.15) is 83.3 Å². The molecule has 0 saturated heterocycles. The van der Waals surface area contributed by atoms with E-state index in [4.69, 9.17) is 0 Å². The van der Waals surface area contributed by atoms with Gasteiger partial charge in [-0.1, -0.05) is 59.1 Å². The van der Waals surface area contributed by atoms with E-state index in [0.29, 0.717) is 5.75 Å². The minimum absolute atomic E-state index is 0.373. The molecular formula is C24H37NO. The monoisotopic (exact) mass is 355 g/mol. The highest BCUT2D eigenvalue weighted by Gasteiger charge is 2.19. The van der Waals surface area contributed by atoms with E-state index in [9.17, 15) is 5.11 Å². The van der Waals surface area contributed by atoms with E-state index in [1.807, 2.05) is 26.2 Å². The van der Waals surface area contributed by atoms with Crippen molar-refractivity contribution in [3.8, 4) is 5.75 Å². The van der Waals surface area contributed by atoms with Crippen LogP contribution in [0, 0.1) is 5.92 Å². The van der Waals surface area contributed by atoms with Gasteiger partial charge in [-0.2, -0.15) is 0 Å². The molecule has 1 fully saturated rings. The molecule has 1 heterocycles. The van der Waals surface area contributed by atoms with Crippen molar-refractivity contribution in [2.45, 2.75) is 78.6 Å². The van der Waals surface area contributed by atoms with E-state index in [1.165, 1.54) is 56.1 Å². The molecule has 1 N–H and O–H groups in total. The van der Waals surface area contributed by atoms with Crippen LogP contribution in [-0.2, 0) is 6.42 Å². The Labute approximate surface area is 160 Å². The summed E-state index contributed by atoms with van der Waals surface area (Å²) in [5, 5.41) is 9.20. The summed E-state index contributed by atoms with van der Waals surface area (Å²) < 4.78 is 0. The Morgan fingerprint density at radius 2 is 1.50 bits per heavy atom. The predicted octanol–water partition coefficient (Wildman–Crippen LogP) is 7.14. The molecule has 2 heteroatoms.